The molecule has 1 N–H and O–H groups in total. The van der Waals surface area contributed by atoms with Gasteiger partial charge in [-0.1, -0.05) is 25.7 Å². The number of carbonyl (C=O) groups excluding carboxylic acids is 4. The van der Waals surface area contributed by atoms with Gasteiger partial charge in [-0.2, -0.15) is 0 Å². The molecule has 0 amide bonds. The summed E-state index contributed by atoms with van der Waals surface area (Å²) >= 11 is 0. The lowest BCUT2D eigenvalue weighted by Crippen LogP contribution is -2.55. The number of allylic oxidation sites excluding steroid dienone is 3. The van der Waals surface area contributed by atoms with Gasteiger partial charge in [-0.25, -0.2) is 9.59 Å². The Kier molecular flexibility index (Phi) is 6.45. The van der Waals surface area contributed by atoms with Crippen LogP contribution in [0.25, 0.3) is 0 Å². The zero-order valence-corrected chi connectivity index (χ0v) is 19.9. The van der Waals surface area contributed by atoms with Gasteiger partial charge >= 0.3 is 17.9 Å². The van der Waals surface area contributed by atoms with Crippen LogP contribution in [0.5, 0.6) is 0 Å². The second-order valence-electron chi connectivity index (χ2n) is 10.1. The molecule has 0 radical (unpaired) electrons. The molecule has 1 saturated heterocycles. The molecule has 0 aromatic carbocycles. The molecule has 8 nitrogen and oxygen atoms in total. The molecule has 0 aromatic heterocycles. The van der Waals surface area contributed by atoms with Crippen molar-refractivity contribution < 1.29 is 38.5 Å². The number of ether oxygens (including phenoxy) is 3. The Hall–Kier alpha value is -2.74. The monoisotopic (exact) mass is 460 g/mol. The summed E-state index contributed by atoms with van der Waals surface area (Å²) in [5.74, 6) is -4.12. The maximum Gasteiger partial charge on any atom is 0.334 e. The van der Waals surface area contributed by atoms with Gasteiger partial charge in [-0.3, -0.25) is 9.59 Å². The highest BCUT2D eigenvalue weighted by Crippen LogP contribution is 2.55. The highest BCUT2D eigenvalue weighted by atomic mass is 16.6. The van der Waals surface area contributed by atoms with E-state index in [1.165, 1.54) is 19.9 Å². The smallest absolute Gasteiger partial charge is 0.334 e. The summed E-state index contributed by atoms with van der Waals surface area (Å²) < 4.78 is 17.3. The molecule has 2 aliphatic carbocycles. The van der Waals surface area contributed by atoms with E-state index in [-0.39, 0.29) is 17.8 Å². The van der Waals surface area contributed by atoms with E-state index >= 15 is 0 Å². The lowest BCUT2D eigenvalue weighted by Gasteiger charge is -2.42. The molecule has 7 atom stereocenters. The Labute approximate surface area is 193 Å². The van der Waals surface area contributed by atoms with Crippen molar-refractivity contribution in [2.45, 2.75) is 71.9 Å². The van der Waals surface area contributed by atoms with E-state index in [1.807, 2.05) is 6.92 Å². The Bertz CT molecular complexity index is 952. The van der Waals surface area contributed by atoms with Crippen molar-refractivity contribution in [3.8, 4) is 0 Å². The van der Waals surface area contributed by atoms with Crippen LogP contribution in [0.15, 0.2) is 36.0 Å². The number of esters is 3. The summed E-state index contributed by atoms with van der Waals surface area (Å²) in [6, 6.07) is 0. The lowest BCUT2D eigenvalue weighted by atomic mass is 9.67. The molecule has 1 saturated carbocycles. The Balaban J connectivity index is 2.14. The summed E-state index contributed by atoms with van der Waals surface area (Å²) in [6.45, 7) is 13.6. The molecule has 8 heteroatoms. The Morgan fingerprint density at radius 2 is 1.94 bits per heavy atom. The highest BCUT2D eigenvalue weighted by Gasteiger charge is 2.65. The van der Waals surface area contributed by atoms with E-state index in [1.54, 1.807) is 32.9 Å². The van der Waals surface area contributed by atoms with Gasteiger partial charge in [0, 0.05) is 17.1 Å². The van der Waals surface area contributed by atoms with Gasteiger partial charge in [-0.05, 0) is 46.6 Å². The van der Waals surface area contributed by atoms with Crippen LogP contribution in [0.4, 0.5) is 0 Å². The average molecular weight is 461 g/mol. The van der Waals surface area contributed by atoms with Crippen LogP contribution in [0.2, 0.25) is 0 Å². The number of ketones is 1. The minimum atomic E-state index is -1.31. The second kappa shape index (κ2) is 8.56. The number of aliphatic hydroxyl groups is 1. The number of carbonyl (C=O) groups is 4. The van der Waals surface area contributed by atoms with Gasteiger partial charge in [0.05, 0.1) is 23.4 Å². The first-order valence-electron chi connectivity index (χ1n) is 11.1. The second-order valence-corrected chi connectivity index (χ2v) is 10.1. The van der Waals surface area contributed by atoms with Crippen LogP contribution in [0.1, 0.15) is 48.0 Å². The number of hydrogen-bond donors (Lipinski definition) is 1. The lowest BCUT2D eigenvalue weighted by molar-refractivity contribution is -0.190. The zero-order chi connectivity index (χ0) is 24.9. The third kappa shape index (κ3) is 4.28. The normalized spacial score (nSPS) is 36.1. The summed E-state index contributed by atoms with van der Waals surface area (Å²) in [4.78, 5) is 51.4. The summed E-state index contributed by atoms with van der Waals surface area (Å²) in [5.41, 5.74) is -2.22. The third-order valence-corrected chi connectivity index (χ3v) is 7.10. The van der Waals surface area contributed by atoms with Crippen molar-refractivity contribution in [3.63, 3.8) is 0 Å². The predicted octanol–water partition coefficient (Wildman–Crippen LogP) is 2.45. The molecule has 0 spiro atoms. The van der Waals surface area contributed by atoms with E-state index in [9.17, 15) is 24.3 Å². The highest BCUT2D eigenvalue weighted by molar-refractivity contribution is 5.99. The summed E-state index contributed by atoms with van der Waals surface area (Å²) in [7, 11) is 0. The zero-order valence-electron chi connectivity index (χ0n) is 19.9. The van der Waals surface area contributed by atoms with E-state index in [0.717, 1.165) is 0 Å². The van der Waals surface area contributed by atoms with Crippen molar-refractivity contribution in [2.24, 2.45) is 23.2 Å². The molecular weight excluding hydrogens is 428 g/mol. The molecule has 3 aliphatic rings. The van der Waals surface area contributed by atoms with Crippen molar-refractivity contribution in [3.05, 3.63) is 36.0 Å². The molecule has 1 heterocycles. The third-order valence-electron chi connectivity index (χ3n) is 7.10. The molecule has 180 valence electrons. The largest absolute Gasteiger partial charge is 0.457 e. The van der Waals surface area contributed by atoms with E-state index in [2.05, 4.69) is 6.58 Å². The quantitative estimate of drug-likeness (QED) is 0.378. The molecular formula is C25H32O8. The fourth-order valence-electron chi connectivity index (χ4n) is 5.14. The first kappa shape index (κ1) is 24.9. The van der Waals surface area contributed by atoms with Crippen molar-refractivity contribution in [2.75, 3.05) is 0 Å². The maximum absolute atomic E-state index is 13.2. The Morgan fingerprint density at radius 1 is 1.30 bits per heavy atom. The van der Waals surface area contributed by atoms with Gasteiger partial charge in [0.2, 0.25) is 0 Å². The summed E-state index contributed by atoms with van der Waals surface area (Å²) in [5, 5.41) is 10.1. The molecule has 2 bridgehead atoms. The van der Waals surface area contributed by atoms with Crippen LogP contribution in [-0.2, 0) is 33.4 Å². The van der Waals surface area contributed by atoms with Gasteiger partial charge in [-0.15, -0.1) is 0 Å². The standard InChI is InChI=1S/C25H32O8/c1-8-12(2)22(28)33-21-18-14(4)23(29)32-19(20(18)31-17(27)11-24(5,6)30)13(3)15-9-10-16(26)25(15,21)7/h8-10,13,15,18-21,30H,4,11H2,1-3,5-7H3/b12-8-/t13-,15-,18+,19+,20-,21-,25-/m0/s1. The van der Waals surface area contributed by atoms with Crippen molar-refractivity contribution in [1.29, 1.82) is 0 Å². The first-order chi connectivity index (χ1) is 15.2. The van der Waals surface area contributed by atoms with E-state index in [4.69, 9.17) is 14.2 Å². The minimum Gasteiger partial charge on any atom is -0.457 e. The molecule has 0 aromatic rings. The number of rotatable bonds is 5. The van der Waals surface area contributed by atoms with Gasteiger partial charge < -0.3 is 19.3 Å². The van der Waals surface area contributed by atoms with Crippen LogP contribution in [0, 0.1) is 23.2 Å². The average Bonchev–Trinajstić information content (AvgIpc) is 2.99. The fourth-order valence-corrected chi connectivity index (χ4v) is 5.14. The molecule has 33 heavy (non-hydrogen) atoms. The van der Waals surface area contributed by atoms with Gasteiger partial charge in [0.15, 0.2) is 5.78 Å². The first-order valence-corrected chi connectivity index (χ1v) is 11.1. The van der Waals surface area contributed by atoms with Crippen LogP contribution >= 0.6 is 0 Å². The van der Waals surface area contributed by atoms with Crippen LogP contribution in [-0.4, -0.2) is 52.7 Å². The SMILES string of the molecule is C=C1C(=O)O[C@@H]2[C@@H](C)[C@@H]3C=CC(=O)[C@@]3(C)[C@@H](OC(=O)/C(C)=C\C)[C@H]1[C@@H]2OC(=O)CC(C)(C)O. The number of hydrogen-bond acceptors (Lipinski definition) is 8. The van der Waals surface area contributed by atoms with Crippen LogP contribution < -0.4 is 0 Å². The number of fused-ring (bicyclic) bond motifs is 3. The summed E-state index contributed by atoms with van der Waals surface area (Å²) in [6.07, 6.45) is 1.45. The Morgan fingerprint density at radius 3 is 2.52 bits per heavy atom. The predicted molar refractivity (Wildman–Crippen MR) is 118 cm³/mol. The molecule has 2 fully saturated rings. The maximum atomic E-state index is 13.2. The minimum absolute atomic E-state index is 0.0305. The molecule has 1 aliphatic heterocycles. The van der Waals surface area contributed by atoms with Crippen LogP contribution in [0.3, 0.4) is 0 Å². The fraction of sp³-hybridized carbons (Fsp3) is 0.600. The van der Waals surface area contributed by atoms with Crippen molar-refractivity contribution >= 4 is 23.7 Å². The molecule has 3 rings (SSSR count). The van der Waals surface area contributed by atoms with Gasteiger partial charge in [0.25, 0.3) is 0 Å². The van der Waals surface area contributed by atoms with Gasteiger partial charge in [0.1, 0.15) is 18.3 Å². The van der Waals surface area contributed by atoms with Crippen molar-refractivity contribution in [1.82, 2.24) is 0 Å². The van der Waals surface area contributed by atoms with E-state index in [0.29, 0.717) is 5.57 Å². The molecule has 0 unspecified atom stereocenters. The topological polar surface area (TPSA) is 116 Å². The van der Waals surface area contributed by atoms with E-state index < -0.39 is 65.0 Å².